The molecule has 1 aromatic carbocycles. The number of allylic oxidation sites excluding steroid dienone is 1. The second kappa shape index (κ2) is 5.31. The Morgan fingerprint density at radius 2 is 2.12 bits per heavy atom. The first-order valence-corrected chi connectivity index (χ1v) is 6.30. The van der Waals surface area contributed by atoms with Gasteiger partial charge in [-0.2, -0.15) is 0 Å². The fourth-order valence-corrected chi connectivity index (χ4v) is 2.64. The summed E-state index contributed by atoms with van der Waals surface area (Å²) in [6.45, 7) is 2.23. The number of aryl methyl sites for hydroxylation is 1. The highest BCUT2D eigenvalue weighted by Crippen LogP contribution is 2.32. The molecule has 1 atom stereocenters. The molecule has 0 saturated carbocycles. The van der Waals surface area contributed by atoms with Gasteiger partial charge >= 0.3 is 0 Å². The predicted molar refractivity (Wildman–Crippen MR) is 69.6 cm³/mol. The first-order valence-electron chi connectivity index (χ1n) is 6.30. The molecule has 0 radical (unpaired) electrons. The number of rotatable bonds is 4. The molecule has 1 N–H and O–H groups in total. The van der Waals surface area contributed by atoms with Crippen molar-refractivity contribution in [3.05, 3.63) is 47.0 Å². The van der Waals surface area contributed by atoms with Crippen LogP contribution in [0.1, 0.15) is 43.4 Å². The molecule has 0 heterocycles. The molecule has 0 aliphatic heterocycles. The maximum Gasteiger partial charge on any atom is 0.0536 e. The lowest BCUT2D eigenvalue weighted by molar-refractivity contribution is 0.650. The van der Waals surface area contributed by atoms with E-state index < -0.39 is 0 Å². The lowest BCUT2D eigenvalue weighted by Crippen LogP contribution is -2.19. The zero-order valence-corrected chi connectivity index (χ0v) is 10.3. The van der Waals surface area contributed by atoms with Crippen LogP contribution in [0.3, 0.4) is 0 Å². The van der Waals surface area contributed by atoms with E-state index in [0.717, 1.165) is 6.42 Å². The summed E-state index contributed by atoms with van der Waals surface area (Å²) in [7, 11) is 2.07. The van der Waals surface area contributed by atoms with E-state index in [2.05, 4.69) is 49.6 Å². The molecule has 0 saturated heterocycles. The number of nitrogens with one attached hydrogen (secondary N) is 1. The van der Waals surface area contributed by atoms with E-state index >= 15 is 0 Å². The molecule has 1 aliphatic rings. The van der Waals surface area contributed by atoms with E-state index in [4.69, 9.17) is 0 Å². The van der Waals surface area contributed by atoms with Gasteiger partial charge in [-0.25, -0.2) is 0 Å². The van der Waals surface area contributed by atoms with Crippen LogP contribution in [0.4, 0.5) is 0 Å². The minimum absolute atomic E-state index is 0.429. The van der Waals surface area contributed by atoms with Crippen molar-refractivity contribution in [3.8, 4) is 0 Å². The van der Waals surface area contributed by atoms with Crippen molar-refractivity contribution < 1.29 is 0 Å². The lowest BCUT2D eigenvalue weighted by Gasteiger charge is -2.21. The van der Waals surface area contributed by atoms with Crippen LogP contribution in [-0.4, -0.2) is 7.05 Å². The van der Waals surface area contributed by atoms with Gasteiger partial charge in [0.15, 0.2) is 0 Å². The Labute approximate surface area is 98.6 Å². The molecule has 1 aromatic rings. The first-order chi connectivity index (χ1) is 7.86. The second-order valence-electron chi connectivity index (χ2n) is 4.45. The van der Waals surface area contributed by atoms with Crippen LogP contribution in [0.5, 0.6) is 0 Å². The largest absolute Gasteiger partial charge is 0.310 e. The number of hydrogen-bond donors (Lipinski definition) is 1. The zero-order chi connectivity index (χ0) is 11.4. The van der Waals surface area contributed by atoms with Gasteiger partial charge in [0, 0.05) is 0 Å². The van der Waals surface area contributed by atoms with Gasteiger partial charge < -0.3 is 5.32 Å². The van der Waals surface area contributed by atoms with Crippen molar-refractivity contribution >= 4 is 0 Å². The van der Waals surface area contributed by atoms with Crippen LogP contribution in [0.2, 0.25) is 0 Å². The van der Waals surface area contributed by atoms with Crippen molar-refractivity contribution in [2.75, 3.05) is 7.05 Å². The molecule has 0 spiro atoms. The van der Waals surface area contributed by atoms with Crippen LogP contribution < -0.4 is 5.32 Å². The van der Waals surface area contributed by atoms with E-state index in [-0.39, 0.29) is 0 Å². The molecule has 16 heavy (non-hydrogen) atoms. The minimum Gasteiger partial charge on any atom is -0.310 e. The Balaban J connectivity index is 2.32. The molecule has 86 valence electrons. The molecular formula is C15H21N. The van der Waals surface area contributed by atoms with Crippen molar-refractivity contribution in [1.82, 2.24) is 5.32 Å². The molecule has 1 heteroatoms. The third-order valence-electron chi connectivity index (χ3n) is 3.48. The summed E-state index contributed by atoms with van der Waals surface area (Å²) in [5.74, 6) is 0. The maximum atomic E-state index is 3.47. The van der Waals surface area contributed by atoms with Gasteiger partial charge in [-0.1, -0.05) is 42.8 Å². The topological polar surface area (TPSA) is 12.0 Å². The average Bonchev–Trinajstić information content (AvgIpc) is 2.84. The van der Waals surface area contributed by atoms with E-state index in [1.54, 1.807) is 5.57 Å². The van der Waals surface area contributed by atoms with Crippen molar-refractivity contribution in [2.24, 2.45) is 0 Å². The Kier molecular flexibility index (Phi) is 3.79. The van der Waals surface area contributed by atoms with Gasteiger partial charge in [0.25, 0.3) is 0 Å². The van der Waals surface area contributed by atoms with Crippen molar-refractivity contribution in [1.29, 1.82) is 0 Å². The number of hydrogen-bond acceptors (Lipinski definition) is 1. The lowest BCUT2D eigenvalue weighted by atomic mass is 9.93. The van der Waals surface area contributed by atoms with Crippen LogP contribution in [0, 0.1) is 0 Å². The fraction of sp³-hybridized carbons (Fsp3) is 0.467. The van der Waals surface area contributed by atoms with Crippen LogP contribution in [0.15, 0.2) is 35.9 Å². The maximum absolute atomic E-state index is 3.47. The quantitative estimate of drug-likeness (QED) is 0.756. The summed E-state index contributed by atoms with van der Waals surface area (Å²) < 4.78 is 0. The van der Waals surface area contributed by atoms with Crippen LogP contribution in [0.25, 0.3) is 0 Å². The van der Waals surface area contributed by atoms with Crippen molar-refractivity contribution in [3.63, 3.8) is 0 Å². The van der Waals surface area contributed by atoms with Gasteiger partial charge in [-0.05, 0) is 43.9 Å². The molecule has 0 bridgehead atoms. The summed E-state index contributed by atoms with van der Waals surface area (Å²) >= 11 is 0. The smallest absolute Gasteiger partial charge is 0.0536 e. The highest BCUT2D eigenvalue weighted by molar-refractivity contribution is 5.36. The molecule has 0 amide bonds. The molecule has 0 fully saturated rings. The Morgan fingerprint density at radius 1 is 1.31 bits per heavy atom. The highest BCUT2D eigenvalue weighted by atomic mass is 14.9. The zero-order valence-electron chi connectivity index (χ0n) is 10.3. The van der Waals surface area contributed by atoms with E-state index in [9.17, 15) is 0 Å². The molecular weight excluding hydrogens is 194 g/mol. The van der Waals surface area contributed by atoms with Crippen molar-refractivity contribution in [2.45, 2.75) is 38.6 Å². The molecule has 1 nitrogen and oxygen atoms in total. The normalized spacial score (nSPS) is 17.2. The van der Waals surface area contributed by atoms with Crippen LogP contribution in [-0.2, 0) is 6.42 Å². The minimum atomic E-state index is 0.429. The van der Waals surface area contributed by atoms with Gasteiger partial charge in [-0.15, -0.1) is 0 Å². The van der Waals surface area contributed by atoms with Gasteiger partial charge in [-0.3, -0.25) is 0 Å². The standard InChI is InChI=1S/C15H21N/c1-3-12-8-6-7-11-14(12)15(16-2)13-9-4-5-10-13/h6-9,11,15-16H,3-5,10H2,1-2H3. The third-order valence-corrected chi connectivity index (χ3v) is 3.48. The van der Waals surface area contributed by atoms with E-state index in [1.807, 2.05) is 0 Å². The summed E-state index contributed by atoms with van der Waals surface area (Å²) in [6.07, 6.45) is 7.35. The van der Waals surface area contributed by atoms with Gasteiger partial charge in [0.1, 0.15) is 0 Å². The second-order valence-corrected chi connectivity index (χ2v) is 4.45. The third kappa shape index (κ3) is 2.19. The molecule has 1 unspecified atom stereocenters. The summed E-state index contributed by atoms with van der Waals surface area (Å²) in [4.78, 5) is 0. The average molecular weight is 215 g/mol. The number of benzene rings is 1. The van der Waals surface area contributed by atoms with E-state index in [0.29, 0.717) is 6.04 Å². The molecule has 2 rings (SSSR count). The summed E-state index contributed by atoms with van der Waals surface area (Å²) in [5.41, 5.74) is 4.50. The molecule has 0 aromatic heterocycles. The van der Waals surface area contributed by atoms with Gasteiger partial charge in [0.05, 0.1) is 6.04 Å². The Morgan fingerprint density at radius 3 is 2.75 bits per heavy atom. The summed E-state index contributed by atoms with van der Waals surface area (Å²) in [6, 6.07) is 9.22. The highest BCUT2D eigenvalue weighted by Gasteiger charge is 2.18. The predicted octanol–water partition coefficient (Wildman–Crippen LogP) is 3.62. The number of likely N-dealkylation sites (N-methyl/N-ethyl adjacent to an activating group) is 1. The Hall–Kier alpha value is -1.08. The SMILES string of the molecule is CCc1ccccc1C(NC)C1=CCCC1. The monoisotopic (exact) mass is 215 g/mol. The van der Waals surface area contributed by atoms with Gasteiger partial charge in [0.2, 0.25) is 0 Å². The van der Waals surface area contributed by atoms with E-state index in [1.165, 1.54) is 30.4 Å². The molecule has 1 aliphatic carbocycles. The fourth-order valence-electron chi connectivity index (χ4n) is 2.64. The first kappa shape index (κ1) is 11.4. The van der Waals surface area contributed by atoms with Crippen LogP contribution >= 0.6 is 0 Å². The summed E-state index contributed by atoms with van der Waals surface area (Å²) in [5, 5.41) is 3.47. The Bertz CT molecular complexity index is 379.